The lowest BCUT2D eigenvalue weighted by Crippen LogP contribution is -2.59. The topological polar surface area (TPSA) is 596 Å². The quantitative estimate of drug-likeness (QED) is 0.0240. The van der Waals surface area contributed by atoms with Crippen LogP contribution < -0.4 is 0 Å². The zero-order chi connectivity index (χ0) is 91.5. The highest BCUT2D eigenvalue weighted by atomic mass is 32.2. The molecule has 6 heterocycles. The number of ether oxygens (including phenoxy) is 12. The van der Waals surface area contributed by atoms with Gasteiger partial charge in [0.25, 0.3) is 0 Å². The van der Waals surface area contributed by atoms with Crippen LogP contribution in [0.4, 0.5) is 0 Å². The Bertz CT molecular complexity index is 2300. The molecular weight excluding hydrogens is 1810 g/mol. The highest BCUT2D eigenvalue weighted by Gasteiger charge is 2.50. The van der Waals surface area contributed by atoms with E-state index in [0.29, 0.717) is 38.5 Å². The highest BCUT2D eigenvalue weighted by Crippen LogP contribution is 2.40. The average Bonchev–Trinajstić information content (AvgIpc) is 0.829. The number of rotatable bonds is 68. The van der Waals surface area contributed by atoms with Crippen molar-refractivity contribution in [1.29, 1.82) is 0 Å². The fourth-order valence-electron chi connectivity index (χ4n) is 16.8. The number of aliphatic hydroxyl groups excluding tert-OH is 24. The first-order valence-electron chi connectivity index (χ1n) is 45.0. The molecule has 6 aliphatic rings. The summed E-state index contributed by atoms with van der Waals surface area (Å²) in [4.78, 5) is 0. The van der Waals surface area contributed by atoms with Crippen molar-refractivity contribution in [1.82, 2.24) is 0 Å². The van der Waals surface area contributed by atoms with Gasteiger partial charge in [-0.1, -0.05) is 86.4 Å². The summed E-state index contributed by atoms with van der Waals surface area (Å²) in [6.07, 6.45) is -28.7. The molecule has 0 aromatic carbocycles. The minimum atomic E-state index is -2.05. The molecule has 0 aromatic rings. The Labute approximate surface area is 765 Å². The molecule has 125 heavy (non-hydrogen) atoms. The fraction of sp³-hybridized carbons (Fsp3) is 1.00. The van der Waals surface area contributed by atoms with Crippen LogP contribution in [0.15, 0.2) is 0 Å². The van der Waals surface area contributed by atoms with Gasteiger partial charge >= 0.3 is 0 Å². The molecular formula is C80H156O36S6Si3. The standard InChI is InChI=1S/C80H156O36S6Si3/c1-123(2,35-15-43-124(37-9-29-117-23-3-17-105-75-69(99)63(93)57(87)51(45-81)111-75,38-10-30-118-24-4-18-106-76-70(100)64(94)58(88)52(46-82)112-76)39-11-31-119-25-5-19-107-77-71(101)65(95)59(89)53(47-83)113-77)36-16-44-125(40-12-32-120-26-6-20-108-78-72(102)66(96)60(90)54(48-84)114-78,41-13-33-121-27-7-21-109-79-73(103)67(97)61(91)55(49-85)115-79)42-14-34-122-28-8-22-110-80-74(104)68(98)62(92)56(50-86)116-80/h51-104H,3-50H2,1-2H3/t51-,52-,53-,54-,55-,56-,57-,58-,59-,60-,61-,62-,63+,64+,65+,66+,67+,68+,69+,70+,71+,72+,73+,74+,75+,76+,77+,78+,79+,80+/m1/s1. The Kier molecular flexibility index (Phi) is 58.0. The number of hydrogen-bond donors (Lipinski definition) is 24. The summed E-state index contributed by atoms with van der Waals surface area (Å²) in [5.41, 5.74) is 0. The molecule has 0 unspecified atom stereocenters. The normalized spacial score (nSPS) is 34.6. The predicted octanol–water partition coefficient (Wildman–Crippen LogP) is -1.65. The Morgan fingerprint density at radius 2 is 0.336 bits per heavy atom. The SMILES string of the molecule is C[Si](C)(CCC[Si](CCCSCCCO[C@H]1O[C@H](CO)[C@@H](O)[C@H](O)[C@@H]1O)(CCCSCCCO[C@H]1O[C@H](CO)[C@@H](O)[C@H](O)[C@@H]1O)CCCSCCCO[C@H]1O[C@H](CO)[C@@H](O)[C@H](O)[C@@H]1O)CCC[Si](CCCSCCCO[C@H]1O[C@H](CO)[C@@H](O)[C@H](O)[C@@H]1O)(CCCSCCCO[C@H]1O[C@H](CO)[C@@H](O)[C@H](O)[C@@H]1O)CCCSCCCO[C@H]1O[C@H](CO)[C@@H](O)[C@H](O)[C@@H]1O. The summed E-state index contributed by atoms with van der Waals surface area (Å²) in [5, 5.41) is 246. The minimum absolute atomic E-state index is 0.226. The van der Waals surface area contributed by atoms with E-state index in [1.54, 1.807) is 0 Å². The average molecular weight is 1970 g/mol. The molecule has 0 spiro atoms. The number of hydrogen-bond acceptors (Lipinski definition) is 42. The third-order valence-electron chi connectivity index (χ3n) is 24.5. The summed E-state index contributed by atoms with van der Waals surface area (Å²) in [5.74, 6) is 10.1. The Morgan fingerprint density at radius 1 is 0.192 bits per heavy atom. The Balaban J connectivity index is 1.15. The van der Waals surface area contributed by atoms with Gasteiger partial charge in [0, 0.05) is 8.07 Å². The predicted molar refractivity (Wildman–Crippen MR) is 484 cm³/mol. The zero-order valence-corrected chi connectivity index (χ0v) is 80.7. The molecule has 0 aliphatic carbocycles. The zero-order valence-electron chi connectivity index (χ0n) is 72.8. The van der Waals surface area contributed by atoms with Gasteiger partial charge in [0.05, 0.1) is 95.4 Å². The van der Waals surface area contributed by atoms with Crippen LogP contribution in [0.3, 0.4) is 0 Å². The molecule has 0 radical (unpaired) electrons. The van der Waals surface area contributed by atoms with E-state index in [2.05, 4.69) is 13.1 Å². The third kappa shape index (κ3) is 38.9. The van der Waals surface area contributed by atoms with Crippen LogP contribution in [0.25, 0.3) is 0 Å². The van der Waals surface area contributed by atoms with Gasteiger partial charge in [-0.25, -0.2) is 0 Å². The lowest BCUT2D eigenvalue weighted by molar-refractivity contribution is -0.300. The van der Waals surface area contributed by atoms with Crippen molar-refractivity contribution in [2.45, 2.75) is 348 Å². The van der Waals surface area contributed by atoms with Gasteiger partial charge in [0.2, 0.25) is 0 Å². The van der Waals surface area contributed by atoms with E-state index in [0.717, 1.165) is 169 Å². The monoisotopic (exact) mass is 1970 g/mol. The molecule has 6 rings (SSSR count). The van der Waals surface area contributed by atoms with Gasteiger partial charge in [-0.3, -0.25) is 0 Å². The molecule has 0 saturated carbocycles. The molecule has 0 bridgehead atoms. The van der Waals surface area contributed by atoms with E-state index in [1.165, 1.54) is 12.1 Å². The van der Waals surface area contributed by atoms with Crippen molar-refractivity contribution in [3.05, 3.63) is 0 Å². The summed E-state index contributed by atoms with van der Waals surface area (Å²) < 4.78 is 68.4. The summed E-state index contributed by atoms with van der Waals surface area (Å²) in [6.45, 7) is 3.09. The molecule has 6 fully saturated rings. The first-order valence-corrected chi connectivity index (χ1v) is 61.0. The van der Waals surface area contributed by atoms with Crippen LogP contribution in [0.1, 0.15) is 89.9 Å². The van der Waals surface area contributed by atoms with Crippen LogP contribution in [0.2, 0.25) is 73.5 Å². The second-order valence-electron chi connectivity index (χ2n) is 34.7. The Morgan fingerprint density at radius 3 is 0.488 bits per heavy atom. The second kappa shape index (κ2) is 63.0. The molecule has 6 saturated heterocycles. The Hall–Kier alpha value is 1.31. The van der Waals surface area contributed by atoms with Crippen molar-refractivity contribution in [3.8, 4) is 0 Å². The van der Waals surface area contributed by atoms with E-state index >= 15 is 0 Å². The van der Waals surface area contributed by atoms with Gasteiger partial charge in [-0.05, 0) is 146 Å². The summed E-state index contributed by atoms with van der Waals surface area (Å²) in [6, 6.07) is 11.4. The molecule has 0 aromatic heterocycles. The maximum atomic E-state index is 10.6. The smallest absolute Gasteiger partial charge is 0.186 e. The lowest BCUT2D eigenvalue weighted by atomic mass is 9.99. The van der Waals surface area contributed by atoms with Crippen LogP contribution in [-0.2, 0) is 56.8 Å². The van der Waals surface area contributed by atoms with Gasteiger partial charge in [-0.2, -0.15) is 70.6 Å². The van der Waals surface area contributed by atoms with Gasteiger partial charge in [0.1, 0.15) is 146 Å². The molecule has 36 nitrogen and oxygen atoms in total. The van der Waals surface area contributed by atoms with Crippen molar-refractivity contribution in [2.75, 3.05) is 148 Å². The summed E-state index contributed by atoms with van der Waals surface area (Å²) in [7, 11) is -5.96. The molecule has 6 aliphatic heterocycles. The van der Waals surface area contributed by atoms with Crippen molar-refractivity contribution in [2.24, 2.45) is 0 Å². The van der Waals surface area contributed by atoms with Crippen molar-refractivity contribution >= 4 is 94.8 Å². The van der Waals surface area contributed by atoms with E-state index < -0.39 is 248 Å². The first kappa shape index (κ1) is 115. The fourth-order valence-corrected chi connectivity index (χ4v) is 37.2. The van der Waals surface area contributed by atoms with Gasteiger partial charge in [0.15, 0.2) is 37.7 Å². The van der Waals surface area contributed by atoms with E-state index in [1.807, 2.05) is 70.6 Å². The molecule has 740 valence electrons. The van der Waals surface area contributed by atoms with Gasteiger partial charge in [-0.15, -0.1) is 0 Å². The van der Waals surface area contributed by atoms with Crippen LogP contribution in [0, 0.1) is 0 Å². The van der Waals surface area contributed by atoms with Crippen LogP contribution >= 0.6 is 70.6 Å². The number of thioether (sulfide) groups is 6. The summed E-state index contributed by atoms with van der Waals surface area (Å²) >= 11 is 11.0. The maximum absolute atomic E-state index is 10.6. The van der Waals surface area contributed by atoms with E-state index in [4.69, 9.17) is 56.8 Å². The minimum Gasteiger partial charge on any atom is -0.394 e. The molecule has 0 amide bonds. The maximum Gasteiger partial charge on any atom is 0.186 e. The molecule has 30 atom stereocenters. The van der Waals surface area contributed by atoms with Crippen molar-refractivity contribution < 1.29 is 179 Å². The van der Waals surface area contributed by atoms with Crippen LogP contribution in [0.5, 0.6) is 0 Å². The second-order valence-corrected chi connectivity index (χ2v) is 57.4. The number of aliphatic hydroxyl groups is 24. The van der Waals surface area contributed by atoms with Crippen LogP contribution in [-0.4, -0.2) is 479 Å². The van der Waals surface area contributed by atoms with Crippen molar-refractivity contribution in [3.63, 3.8) is 0 Å². The van der Waals surface area contributed by atoms with Gasteiger partial charge < -0.3 is 179 Å². The third-order valence-corrected chi connectivity index (χ3v) is 46.1. The largest absolute Gasteiger partial charge is 0.394 e. The van der Waals surface area contributed by atoms with E-state index in [-0.39, 0.29) is 39.6 Å². The highest BCUT2D eigenvalue weighted by molar-refractivity contribution is 8.00. The molecule has 45 heteroatoms. The lowest BCUT2D eigenvalue weighted by Gasteiger charge is -2.39. The van der Waals surface area contributed by atoms with E-state index in [9.17, 15) is 123 Å². The first-order chi connectivity index (χ1) is 60.0. The molecule has 24 N–H and O–H groups in total.